The molecule has 1 spiro atoms. The van der Waals surface area contributed by atoms with Gasteiger partial charge in [-0.15, -0.1) is 0 Å². The number of benzene rings is 1. The van der Waals surface area contributed by atoms with Crippen LogP contribution in [-0.4, -0.2) is 70.8 Å². The lowest BCUT2D eigenvalue weighted by Crippen LogP contribution is -2.46. The van der Waals surface area contributed by atoms with Gasteiger partial charge >= 0.3 is 6.03 Å². The van der Waals surface area contributed by atoms with Crippen molar-refractivity contribution in [1.82, 2.24) is 20.0 Å². The molecule has 4 amide bonds. The van der Waals surface area contributed by atoms with Crippen LogP contribution in [0.3, 0.4) is 0 Å². The van der Waals surface area contributed by atoms with Crippen molar-refractivity contribution in [3.63, 3.8) is 0 Å². The molecular formula is C21H28N4O3. The first-order chi connectivity index (χ1) is 13.6. The van der Waals surface area contributed by atoms with Crippen LogP contribution in [-0.2, 0) is 16.1 Å². The molecule has 28 heavy (non-hydrogen) atoms. The lowest BCUT2D eigenvalue weighted by molar-refractivity contribution is -0.138. The average molecular weight is 384 g/mol. The molecule has 0 unspecified atom stereocenters. The molecular weight excluding hydrogens is 356 g/mol. The smallest absolute Gasteiger partial charge is 0.325 e. The summed E-state index contributed by atoms with van der Waals surface area (Å²) in [4.78, 5) is 43.1. The summed E-state index contributed by atoms with van der Waals surface area (Å²) in [6.45, 7) is 3.75. The summed E-state index contributed by atoms with van der Waals surface area (Å²) in [6, 6.07) is 9.91. The Kier molecular flexibility index (Phi) is 5.35. The fourth-order valence-corrected chi connectivity index (χ4v) is 4.59. The summed E-state index contributed by atoms with van der Waals surface area (Å²) < 4.78 is 0. The van der Waals surface area contributed by atoms with Crippen molar-refractivity contribution in [3.8, 4) is 0 Å². The largest absolute Gasteiger partial charge is 0.340 e. The Bertz CT molecular complexity index is 745. The molecule has 4 rings (SSSR count). The molecule has 0 bridgehead atoms. The Hall–Kier alpha value is -2.41. The van der Waals surface area contributed by atoms with E-state index in [0.717, 1.165) is 43.8 Å². The van der Waals surface area contributed by atoms with Crippen LogP contribution >= 0.6 is 0 Å². The van der Waals surface area contributed by atoms with Gasteiger partial charge in [0, 0.05) is 32.7 Å². The predicted molar refractivity (Wildman–Crippen MR) is 104 cm³/mol. The zero-order chi connectivity index (χ0) is 19.6. The number of amides is 4. The van der Waals surface area contributed by atoms with Crippen LogP contribution in [0.5, 0.6) is 0 Å². The minimum atomic E-state index is -0.747. The number of rotatable bonds is 4. The quantitative estimate of drug-likeness (QED) is 0.800. The van der Waals surface area contributed by atoms with E-state index in [1.807, 2.05) is 18.2 Å². The number of carbonyl (C=O) groups is 3. The number of imide groups is 1. The monoisotopic (exact) mass is 384 g/mol. The Balaban J connectivity index is 1.33. The summed E-state index contributed by atoms with van der Waals surface area (Å²) in [5.41, 5.74) is 0.520. The standard InChI is InChI=1S/C21H28N4O3/c26-18(16-25-19(27)21(22-20(25)28)9-4-5-10-21)24-12-6-11-23(13-14-24)15-17-7-2-1-3-8-17/h1-3,7-8H,4-6,9-16H2,(H,22,28). The van der Waals surface area contributed by atoms with Gasteiger partial charge in [0.1, 0.15) is 12.1 Å². The molecule has 3 fully saturated rings. The number of carbonyl (C=O) groups excluding carboxylic acids is 3. The summed E-state index contributed by atoms with van der Waals surface area (Å²) in [7, 11) is 0. The van der Waals surface area contributed by atoms with Crippen LogP contribution in [0, 0.1) is 0 Å². The van der Waals surface area contributed by atoms with Crippen molar-refractivity contribution in [2.75, 3.05) is 32.7 Å². The maximum atomic E-state index is 12.8. The molecule has 1 aromatic carbocycles. The summed E-state index contributed by atoms with van der Waals surface area (Å²) in [5, 5.41) is 2.84. The van der Waals surface area contributed by atoms with Crippen LogP contribution < -0.4 is 5.32 Å². The van der Waals surface area contributed by atoms with Crippen molar-refractivity contribution in [2.24, 2.45) is 0 Å². The molecule has 7 heteroatoms. The number of hydrogen-bond acceptors (Lipinski definition) is 4. The fourth-order valence-electron chi connectivity index (χ4n) is 4.59. The molecule has 2 aliphatic heterocycles. The van der Waals surface area contributed by atoms with E-state index in [0.29, 0.717) is 25.9 Å². The number of urea groups is 1. The molecule has 7 nitrogen and oxygen atoms in total. The molecule has 2 heterocycles. The van der Waals surface area contributed by atoms with Crippen molar-refractivity contribution < 1.29 is 14.4 Å². The van der Waals surface area contributed by atoms with Crippen LogP contribution in [0.15, 0.2) is 30.3 Å². The SMILES string of the molecule is O=C(CN1C(=O)NC2(CCCC2)C1=O)N1CCCN(Cc2ccccc2)CC1. The molecule has 2 saturated heterocycles. The first-order valence-corrected chi connectivity index (χ1v) is 10.3. The zero-order valence-corrected chi connectivity index (χ0v) is 16.2. The highest BCUT2D eigenvalue weighted by atomic mass is 16.2. The van der Waals surface area contributed by atoms with Gasteiger partial charge in [0.25, 0.3) is 5.91 Å². The lowest BCUT2D eigenvalue weighted by atomic mass is 9.98. The molecule has 0 aromatic heterocycles. The Morgan fingerprint density at radius 2 is 1.71 bits per heavy atom. The number of nitrogens with zero attached hydrogens (tertiary/aromatic N) is 3. The van der Waals surface area contributed by atoms with Crippen molar-refractivity contribution >= 4 is 17.8 Å². The minimum absolute atomic E-state index is 0.139. The highest BCUT2D eigenvalue weighted by molar-refractivity contribution is 6.09. The Morgan fingerprint density at radius 3 is 2.46 bits per heavy atom. The van der Waals surface area contributed by atoms with E-state index in [9.17, 15) is 14.4 Å². The van der Waals surface area contributed by atoms with Crippen molar-refractivity contribution in [1.29, 1.82) is 0 Å². The first kappa shape index (κ1) is 18.9. The van der Waals surface area contributed by atoms with Gasteiger partial charge in [0.05, 0.1) is 0 Å². The third kappa shape index (κ3) is 3.76. The van der Waals surface area contributed by atoms with Crippen LogP contribution in [0.4, 0.5) is 4.79 Å². The second-order valence-electron chi connectivity index (χ2n) is 8.11. The van der Waals surface area contributed by atoms with E-state index in [-0.39, 0.29) is 18.4 Å². The third-order valence-electron chi connectivity index (χ3n) is 6.19. The second-order valence-corrected chi connectivity index (χ2v) is 8.11. The Morgan fingerprint density at radius 1 is 0.964 bits per heavy atom. The normalized spacial score (nSPS) is 22.6. The third-order valence-corrected chi connectivity index (χ3v) is 6.19. The van der Waals surface area contributed by atoms with Gasteiger partial charge in [-0.25, -0.2) is 4.79 Å². The summed E-state index contributed by atoms with van der Waals surface area (Å²) >= 11 is 0. The average Bonchev–Trinajstić information content (AvgIpc) is 3.15. The van der Waals surface area contributed by atoms with Gasteiger partial charge in [-0.05, 0) is 24.8 Å². The van der Waals surface area contributed by atoms with Gasteiger partial charge in [0.2, 0.25) is 5.91 Å². The van der Waals surface area contributed by atoms with E-state index < -0.39 is 11.6 Å². The van der Waals surface area contributed by atoms with Crippen molar-refractivity contribution in [2.45, 2.75) is 44.2 Å². The van der Waals surface area contributed by atoms with E-state index in [1.165, 1.54) is 5.56 Å². The van der Waals surface area contributed by atoms with Crippen LogP contribution in [0.2, 0.25) is 0 Å². The topological polar surface area (TPSA) is 73.0 Å². The van der Waals surface area contributed by atoms with Gasteiger partial charge in [-0.2, -0.15) is 0 Å². The molecule has 150 valence electrons. The molecule has 1 saturated carbocycles. The van der Waals surface area contributed by atoms with E-state index in [2.05, 4.69) is 22.3 Å². The molecule has 0 atom stereocenters. The highest BCUT2D eigenvalue weighted by Crippen LogP contribution is 2.34. The zero-order valence-electron chi connectivity index (χ0n) is 16.2. The van der Waals surface area contributed by atoms with E-state index in [4.69, 9.17) is 0 Å². The molecule has 3 aliphatic rings. The van der Waals surface area contributed by atoms with Crippen LogP contribution in [0.25, 0.3) is 0 Å². The lowest BCUT2D eigenvalue weighted by Gasteiger charge is -2.24. The summed E-state index contributed by atoms with van der Waals surface area (Å²) in [5.74, 6) is -0.357. The minimum Gasteiger partial charge on any atom is -0.340 e. The highest BCUT2D eigenvalue weighted by Gasteiger charge is 2.52. The fraction of sp³-hybridized carbons (Fsp3) is 0.571. The maximum Gasteiger partial charge on any atom is 0.325 e. The van der Waals surface area contributed by atoms with Crippen molar-refractivity contribution in [3.05, 3.63) is 35.9 Å². The molecule has 0 radical (unpaired) electrons. The van der Waals surface area contributed by atoms with E-state index >= 15 is 0 Å². The number of nitrogens with one attached hydrogen (secondary N) is 1. The van der Waals surface area contributed by atoms with Gasteiger partial charge in [-0.1, -0.05) is 43.2 Å². The maximum absolute atomic E-state index is 12.8. The van der Waals surface area contributed by atoms with E-state index in [1.54, 1.807) is 4.90 Å². The first-order valence-electron chi connectivity index (χ1n) is 10.3. The molecule has 1 N–H and O–H groups in total. The second kappa shape index (κ2) is 7.91. The predicted octanol–water partition coefficient (Wildman–Crippen LogP) is 1.59. The summed E-state index contributed by atoms with van der Waals surface area (Å²) in [6.07, 6.45) is 4.14. The van der Waals surface area contributed by atoms with Gasteiger partial charge < -0.3 is 10.2 Å². The molecule has 1 aliphatic carbocycles. The molecule has 1 aromatic rings. The Labute approximate surface area is 165 Å². The number of hydrogen-bond donors (Lipinski definition) is 1. The van der Waals surface area contributed by atoms with Gasteiger partial charge in [0.15, 0.2) is 0 Å². The van der Waals surface area contributed by atoms with Crippen LogP contribution in [0.1, 0.15) is 37.7 Å². The van der Waals surface area contributed by atoms with Gasteiger partial charge in [-0.3, -0.25) is 19.4 Å².